The fraction of sp³-hybridized carbons (Fsp3) is 0.714. The first-order valence-corrected chi connectivity index (χ1v) is 8.20. The molecule has 2 aliphatic rings. The van der Waals surface area contributed by atoms with Crippen LogP contribution in [0.3, 0.4) is 0 Å². The van der Waals surface area contributed by atoms with Gasteiger partial charge in [-0.1, -0.05) is 30.6 Å². The number of rotatable bonds is 3. The molecule has 3 rings (SSSR count). The van der Waals surface area contributed by atoms with Crippen molar-refractivity contribution in [3.8, 4) is 0 Å². The zero-order valence-electron chi connectivity index (χ0n) is 11.6. The first-order chi connectivity index (χ1) is 9.70. The third kappa shape index (κ3) is 2.73. The van der Waals surface area contributed by atoms with Crippen molar-refractivity contribution in [3.05, 3.63) is 27.1 Å². The molecule has 2 heterocycles. The Morgan fingerprint density at radius 1 is 1.35 bits per heavy atom. The van der Waals surface area contributed by atoms with Gasteiger partial charge in [0.1, 0.15) is 0 Å². The van der Waals surface area contributed by atoms with Crippen LogP contribution in [0, 0.1) is 10.1 Å². The Bertz CT molecular complexity index is 474. The highest BCUT2D eigenvalue weighted by molar-refractivity contribution is 7.15. The third-order valence-electron chi connectivity index (χ3n) is 4.64. The minimum Gasteiger partial charge on any atom is -0.314 e. The molecule has 1 spiro atoms. The SMILES string of the molecule is O=[N+]([O-])c1ccc(CN2CCNCC23CCCCC3)s1. The van der Waals surface area contributed by atoms with Gasteiger partial charge < -0.3 is 5.32 Å². The van der Waals surface area contributed by atoms with Gasteiger partial charge in [0, 0.05) is 42.7 Å². The molecule has 1 saturated carbocycles. The summed E-state index contributed by atoms with van der Waals surface area (Å²) in [5.41, 5.74) is 0.287. The van der Waals surface area contributed by atoms with Crippen LogP contribution >= 0.6 is 11.3 Å². The number of piperazine rings is 1. The quantitative estimate of drug-likeness (QED) is 0.688. The maximum Gasteiger partial charge on any atom is 0.324 e. The molecule has 6 heteroatoms. The molecule has 0 bridgehead atoms. The van der Waals surface area contributed by atoms with E-state index in [1.165, 1.54) is 43.4 Å². The lowest BCUT2D eigenvalue weighted by atomic mass is 9.79. The zero-order valence-corrected chi connectivity index (χ0v) is 12.5. The minimum absolute atomic E-state index is 0.257. The van der Waals surface area contributed by atoms with Gasteiger partial charge in [-0.3, -0.25) is 15.0 Å². The first-order valence-electron chi connectivity index (χ1n) is 7.39. The van der Waals surface area contributed by atoms with Crippen molar-refractivity contribution in [3.63, 3.8) is 0 Å². The van der Waals surface area contributed by atoms with Crippen LogP contribution in [0.5, 0.6) is 0 Å². The summed E-state index contributed by atoms with van der Waals surface area (Å²) in [6, 6.07) is 3.55. The molecule has 20 heavy (non-hydrogen) atoms. The molecule has 5 nitrogen and oxygen atoms in total. The molecular weight excluding hydrogens is 274 g/mol. The topological polar surface area (TPSA) is 58.4 Å². The van der Waals surface area contributed by atoms with Crippen LogP contribution in [0.4, 0.5) is 5.00 Å². The molecule has 1 aromatic heterocycles. The molecule has 1 N–H and O–H groups in total. The predicted molar refractivity (Wildman–Crippen MR) is 80.1 cm³/mol. The monoisotopic (exact) mass is 295 g/mol. The molecule has 110 valence electrons. The van der Waals surface area contributed by atoms with E-state index in [4.69, 9.17) is 0 Å². The second-order valence-electron chi connectivity index (χ2n) is 5.88. The van der Waals surface area contributed by atoms with Crippen LogP contribution < -0.4 is 5.32 Å². The Labute approximate surface area is 123 Å². The van der Waals surface area contributed by atoms with Crippen molar-refractivity contribution < 1.29 is 4.92 Å². The minimum atomic E-state index is -0.289. The molecule has 1 aliphatic heterocycles. The summed E-state index contributed by atoms with van der Waals surface area (Å²) in [7, 11) is 0. The Balaban J connectivity index is 1.74. The van der Waals surface area contributed by atoms with E-state index in [1.807, 2.05) is 6.07 Å². The molecule has 0 aromatic carbocycles. The van der Waals surface area contributed by atoms with Gasteiger partial charge in [0.15, 0.2) is 0 Å². The summed E-state index contributed by atoms with van der Waals surface area (Å²) in [6.45, 7) is 4.00. The summed E-state index contributed by atoms with van der Waals surface area (Å²) < 4.78 is 0. The summed E-state index contributed by atoms with van der Waals surface area (Å²) in [6.07, 6.45) is 6.48. The van der Waals surface area contributed by atoms with Crippen LogP contribution in [0.1, 0.15) is 37.0 Å². The van der Waals surface area contributed by atoms with E-state index >= 15 is 0 Å². The van der Waals surface area contributed by atoms with Crippen LogP contribution in [-0.2, 0) is 6.54 Å². The molecule has 0 atom stereocenters. The van der Waals surface area contributed by atoms with E-state index in [-0.39, 0.29) is 15.5 Å². The average Bonchev–Trinajstić information content (AvgIpc) is 2.91. The van der Waals surface area contributed by atoms with Gasteiger partial charge >= 0.3 is 5.00 Å². The van der Waals surface area contributed by atoms with Gasteiger partial charge in [-0.2, -0.15) is 0 Å². The summed E-state index contributed by atoms with van der Waals surface area (Å²) in [4.78, 5) is 14.2. The van der Waals surface area contributed by atoms with E-state index in [9.17, 15) is 10.1 Å². The fourth-order valence-electron chi connectivity index (χ4n) is 3.57. The molecule has 0 unspecified atom stereocenters. The summed E-state index contributed by atoms with van der Waals surface area (Å²) in [5, 5.41) is 14.6. The van der Waals surface area contributed by atoms with Crippen LogP contribution in [0.25, 0.3) is 0 Å². The summed E-state index contributed by atoms with van der Waals surface area (Å²) >= 11 is 1.32. The van der Waals surface area contributed by atoms with E-state index < -0.39 is 0 Å². The van der Waals surface area contributed by atoms with Crippen LogP contribution in [0.15, 0.2) is 12.1 Å². The van der Waals surface area contributed by atoms with Crippen molar-refractivity contribution in [2.24, 2.45) is 0 Å². The maximum atomic E-state index is 10.8. The Morgan fingerprint density at radius 2 is 2.15 bits per heavy atom. The van der Waals surface area contributed by atoms with E-state index in [0.29, 0.717) is 0 Å². The predicted octanol–water partition coefficient (Wildman–Crippen LogP) is 2.76. The molecule has 2 fully saturated rings. The Kier molecular flexibility index (Phi) is 4.05. The van der Waals surface area contributed by atoms with Crippen molar-refractivity contribution in [2.45, 2.75) is 44.2 Å². The zero-order chi connectivity index (χ0) is 14.0. The fourth-order valence-corrected chi connectivity index (χ4v) is 4.41. The highest BCUT2D eigenvalue weighted by atomic mass is 32.1. The van der Waals surface area contributed by atoms with E-state index in [0.717, 1.165) is 31.1 Å². The molecule has 0 amide bonds. The molecule has 1 aliphatic carbocycles. The largest absolute Gasteiger partial charge is 0.324 e. The van der Waals surface area contributed by atoms with Crippen molar-refractivity contribution >= 4 is 16.3 Å². The lowest BCUT2D eigenvalue weighted by Crippen LogP contribution is -2.61. The highest BCUT2D eigenvalue weighted by Crippen LogP contribution is 2.36. The first kappa shape index (κ1) is 14.0. The smallest absolute Gasteiger partial charge is 0.314 e. The lowest BCUT2D eigenvalue weighted by Gasteiger charge is -2.49. The molecule has 1 saturated heterocycles. The number of hydrogen-bond acceptors (Lipinski definition) is 5. The number of thiophene rings is 1. The van der Waals surface area contributed by atoms with E-state index in [2.05, 4.69) is 10.2 Å². The van der Waals surface area contributed by atoms with Crippen molar-refractivity contribution in [1.82, 2.24) is 10.2 Å². The number of nitrogens with one attached hydrogen (secondary N) is 1. The second-order valence-corrected chi connectivity index (χ2v) is 7.03. The standard InChI is InChI=1S/C14H21N3O2S/c18-17(19)13-5-4-12(20-13)10-16-9-8-15-11-14(16)6-2-1-3-7-14/h4-5,15H,1-3,6-11H2. The normalized spacial score (nSPS) is 23.0. The average molecular weight is 295 g/mol. The molecule has 0 radical (unpaired) electrons. The van der Waals surface area contributed by atoms with Gasteiger partial charge in [0.25, 0.3) is 0 Å². The van der Waals surface area contributed by atoms with Crippen molar-refractivity contribution in [1.29, 1.82) is 0 Å². The number of hydrogen-bond donors (Lipinski definition) is 1. The maximum absolute atomic E-state index is 10.8. The number of nitro groups is 1. The van der Waals surface area contributed by atoms with Crippen molar-refractivity contribution in [2.75, 3.05) is 19.6 Å². The Morgan fingerprint density at radius 3 is 2.85 bits per heavy atom. The highest BCUT2D eigenvalue weighted by Gasteiger charge is 2.39. The van der Waals surface area contributed by atoms with Gasteiger partial charge in [0.2, 0.25) is 0 Å². The molecule has 1 aromatic rings. The van der Waals surface area contributed by atoms with Gasteiger partial charge in [-0.25, -0.2) is 0 Å². The van der Waals surface area contributed by atoms with Crippen LogP contribution in [0.2, 0.25) is 0 Å². The summed E-state index contributed by atoms with van der Waals surface area (Å²) in [5.74, 6) is 0. The number of nitrogens with zero attached hydrogens (tertiary/aromatic N) is 2. The molecular formula is C14H21N3O2S. The van der Waals surface area contributed by atoms with Gasteiger partial charge in [0.05, 0.1) is 4.92 Å². The van der Waals surface area contributed by atoms with Gasteiger partial charge in [-0.15, -0.1) is 0 Å². The second kappa shape index (κ2) is 5.79. The Hall–Kier alpha value is -0.980. The van der Waals surface area contributed by atoms with Crippen LogP contribution in [-0.4, -0.2) is 35.0 Å². The lowest BCUT2D eigenvalue weighted by molar-refractivity contribution is -0.380. The van der Waals surface area contributed by atoms with Gasteiger partial charge in [-0.05, 0) is 18.9 Å². The third-order valence-corrected chi connectivity index (χ3v) is 5.66. The van der Waals surface area contributed by atoms with E-state index in [1.54, 1.807) is 6.07 Å².